The van der Waals surface area contributed by atoms with Crippen LogP contribution in [0.15, 0.2) is 0 Å². The standard InChI is InChI=1S/3C12H25NO.C6H8O7/c3*1-2-3-4-5-6-7-8-9-10-11-12(13)14;7-4(8)1-3(6(11)12)13-2-5(9)10/h3*2-11H2,1H3,(H2,13,14);3H,1-2H2,(H,7,8)(H,9,10)(H,11,12). The van der Waals surface area contributed by atoms with Crippen LogP contribution >= 0.6 is 0 Å². The molecule has 0 saturated carbocycles. The molecule has 1 unspecified atom stereocenters. The maximum absolute atomic E-state index is 10.4. The van der Waals surface area contributed by atoms with Gasteiger partial charge in [0.1, 0.15) is 6.61 Å². The molecule has 0 aliphatic rings. The van der Waals surface area contributed by atoms with E-state index in [1.807, 2.05) is 0 Å². The van der Waals surface area contributed by atoms with Crippen LogP contribution in [0.2, 0.25) is 0 Å². The minimum atomic E-state index is -1.62. The number of carbonyl (C=O) groups is 6. The van der Waals surface area contributed by atoms with Gasteiger partial charge in [0, 0.05) is 19.3 Å². The molecular formula is C42H83N3O10. The van der Waals surface area contributed by atoms with Gasteiger partial charge in [0.05, 0.1) is 6.42 Å². The van der Waals surface area contributed by atoms with Crippen molar-refractivity contribution in [3.8, 4) is 0 Å². The molecule has 55 heavy (non-hydrogen) atoms. The van der Waals surface area contributed by atoms with Gasteiger partial charge in [-0.2, -0.15) is 0 Å². The Morgan fingerprint density at radius 2 is 0.636 bits per heavy atom. The molecule has 13 nitrogen and oxygen atoms in total. The van der Waals surface area contributed by atoms with Crippen LogP contribution in [-0.4, -0.2) is 63.7 Å². The third-order valence-electron chi connectivity index (χ3n) is 8.62. The van der Waals surface area contributed by atoms with Crippen molar-refractivity contribution in [1.82, 2.24) is 0 Å². The lowest BCUT2D eigenvalue weighted by molar-refractivity contribution is -0.161. The molecule has 0 rings (SSSR count). The van der Waals surface area contributed by atoms with Gasteiger partial charge in [0.2, 0.25) is 17.7 Å². The Balaban J connectivity index is -0.000000315. The number of carbonyl (C=O) groups excluding carboxylic acids is 3. The van der Waals surface area contributed by atoms with E-state index < -0.39 is 37.0 Å². The van der Waals surface area contributed by atoms with Gasteiger partial charge in [-0.05, 0) is 19.3 Å². The highest BCUT2D eigenvalue weighted by molar-refractivity contribution is 5.80. The quantitative estimate of drug-likeness (QED) is 0.0328. The highest BCUT2D eigenvalue weighted by atomic mass is 16.5. The van der Waals surface area contributed by atoms with E-state index in [1.54, 1.807) is 0 Å². The van der Waals surface area contributed by atoms with Gasteiger partial charge >= 0.3 is 17.9 Å². The fourth-order valence-corrected chi connectivity index (χ4v) is 5.38. The zero-order chi connectivity index (χ0) is 42.4. The molecule has 1 atom stereocenters. The van der Waals surface area contributed by atoms with Crippen LogP contribution in [0.4, 0.5) is 0 Å². The monoisotopic (exact) mass is 790 g/mol. The molecule has 0 bridgehead atoms. The maximum atomic E-state index is 10.4. The Morgan fingerprint density at radius 3 is 0.818 bits per heavy atom. The molecule has 0 aromatic carbocycles. The van der Waals surface area contributed by atoms with E-state index in [-0.39, 0.29) is 17.7 Å². The van der Waals surface area contributed by atoms with Crippen LogP contribution in [0.3, 0.4) is 0 Å². The van der Waals surface area contributed by atoms with E-state index in [2.05, 4.69) is 25.5 Å². The Labute approximate surface area is 333 Å². The highest BCUT2D eigenvalue weighted by Gasteiger charge is 2.22. The van der Waals surface area contributed by atoms with E-state index >= 15 is 0 Å². The number of amides is 3. The van der Waals surface area contributed by atoms with Gasteiger partial charge in [-0.25, -0.2) is 9.59 Å². The second-order valence-corrected chi connectivity index (χ2v) is 14.3. The summed E-state index contributed by atoms with van der Waals surface area (Å²) in [6.07, 6.45) is 33.9. The van der Waals surface area contributed by atoms with Crippen LogP contribution in [0.5, 0.6) is 0 Å². The molecule has 326 valence electrons. The summed E-state index contributed by atoms with van der Waals surface area (Å²) in [7, 11) is 0. The van der Waals surface area contributed by atoms with Crippen LogP contribution in [-0.2, 0) is 33.5 Å². The molecule has 0 aromatic heterocycles. The predicted octanol–water partition coefficient (Wildman–Crippen LogP) is 9.19. The topological polar surface area (TPSA) is 250 Å². The van der Waals surface area contributed by atoms with Gasteiger partial charge in [-0.1, -0.05) is 175 Å². The fourth-order valence-electron chi connectivity index (χ4n) is 5.38. The first-order valence-corrected chi connectivity index (χ1v) is 21.4. The van der Waals surface area contributed by atoms with Crippen molar-refractivity contribution < 1.29 is 48.8 Å². The molecule has 0 fully saturated rings. The summed E-state index contributed by atoms with van der Waals surface area (Å²) < 4.78 is 4.30. The molecule has 0 aromatic rings. The van der Waals surface area contributed by atoms with Gasteiger partial charge in [-0.15, -0.1) is 0 Å². The zero-order valence-corrected chi connectivity index (χ0v) is 35.1. The maximum Gasteiger partial charge on any atom is 0.333 e. The van der Waals surface area contributed by atoms with E-state index in [1.165, 1.54) is 135 Å². The lowest BCUT2D eigenvalue weighted by atomic mass is 10.1. The Hall–Kier alpha value is -3.22. The Kier molecular flexibility index (Phi) is 51.9. The summed E-state index contributed by atoms with van der Waals surface area (Å²) in [5.41, 5.74) is 15.1. The molecule has 0 saturated heterocycles. The number of nitrogens with two attached hydrogens (primary N) is 3. The van der Waals surface area contributed by atoms with Crippen molar-refractivity contribution in [2.75, 3.05) is 6.61 Å². The first-order chi connectivity index (χ1) is 26.2. The van der Waals surface area contributed by atoms with E-state index in [9.17, 15) is 28.8 Å². The lowest BCUT2D eigenvalue weighted by Gasteiger charge is -2.08. The third-order valence-corrected chi connectivity index (χ3v) is 8.62. The Bertz CT molecular complexity index is 842. The molecule has 9 N–H and O–H groups in total. The number of ether oxygens (including phenoxy) is 1. The van der Waals surface area contributed by atoms with Crippen molar-refractivity contribution in [2.45, 2.75) is 226 Å². The summed E-state index contributed by atoms with van der Waals surface area (Å²) in [6.45, 7) is 5.89. The largest absolute Gasteiger partial charge is 0.481 e. The molecule has 0 spiro atoms. The van der Waals surface area contributed by atoms with Crippen molar-refractivity contribution in [3.05, 3.63) is 0 Å². The summed E-state index contributed by atoms with van der Waals surface area (Å²) in [5.74, 6) is -4.69. The molecule has 0 aliphatic carbocycles. The minimum Gasteiger partial charge on any atom is -0.481 e. The average Bonchev–Trinajstić information content (AvgIpc) is 3.11. The van der Waals surface area contributed by atoms with Crippen molar-refractivity contribution in [2.24, 2.45) is 17.2 Å². The molecule has 0 aliphatic heterocycles. The molecule has 0 radical (unpaired) electrons. The summed E-state index contributed by atoms with van der Waals surface area (Å²) in [4.78, 5) is 61.6. The summed E-state index contributed by atoms with van der Waals surface area (Å²) >= 11 is 0. The van der Waals surface area contributed by atoms with E-state index in [4.69, 9.17) is 32.5 Å². The van der Waals surface area contributed by atoms with Gasteiger partial charge in [-0.3, -0.25) is 19.2 Å². The number of aliphatic carboxylic acids is 3. The van der Waals surface area contributed by atoms with Crippen molar-refractivity contribution in [1.29, 1.82) is 0 Å². The van der Waals surface area contributed by atoms with E-state index in [0.29, 0.717) is 19.3 Å². The predicted molar refractivity (Wildman–Crippen MR) is 220 cm³/mol. The number of hydrogen-bond donors (Lipinski definition) is 6. The van der Waals surface area contributed by atoms with Crippen molar-refractivity contribution >= 4 is 35.6 Å². The summed E-state index contributed by atoms with van der Waals surface area (Å²) in [5, 5.41) is 24.7. The number of rotatable bonds is 36. The van der Waals surface area contributed by atoms with Gasteiger partial charge < -0.3 is 37.3 Å². The number of primary amides is 3. The number of hydrogen-bond acceptors (Lipinski definition) is 7. The smallest absolute Gasteiger partial charge is 0.333 e. The highest BCUT2D eigenvalue weighted by Crippen LogP contribution is 2.12. The van der Waals surface area contributed by atoms with Crippen LogP contribution < -0.4 is 17.2 Å². The van der Waals surface area contributed by atoms with E-state index in [0.717, 1.165) is 38.5 Å². The first kappa shape index (κ1) is 58.5. The van der Waals surface area contributed by atoms with Crippen LogP contribution in [0.25, 0.3) is 0 Å². The molecule has 0 heterocycles. The average molecular weight is 790 g/mol. The second-order valence-electron chi connectivity index (χ2n) is 14.3. The van der Waals surface area contributed by atoms with Crippen LogP contribution in [0, 0.1) is 0 Å². The fraction of sp³-hybridized carbons (Fsp3) is 0.857. The number of unbranched alkanes of at least 4 members (excludes halogenated alkanes) is 24. The van der Waals surface area contributed by atoms with Gasteiger partial charge in [0.15, 0.2) is 6.10 Å². The Morgan fingerprint density at radius 1 is 0.400 bits per heavy atom. The second kappa shape index (κ2) is 48.8. The molecule has 13 heteroatoms. The minimum absolute atomic E-state index is 0.159. The number of carboxylic acids is 3. The van der Waals surface area contributed by atoms with Gasteiger partial charge in [0.25, 0.3) is 0 Å². The van der Waals surface area contributed by atoms with Crippen LogP contribution in [0.1, 0.15) is 220 Å². The molecule has 3 amide bonds. The summed E-state index contributed by atoms with van der Waals surface area (Å²) in [6, 6.07) is 0. The van der Waals surface area contributed by atoms with Crippen molar-refractivity contribution in [3.63, 3.8) is 0 Å². The zero-order valence-electron chi connectivity index (χ0n) is 35.1. The third kappa shape index (κ3) is 66.0. The number of carboxylic acid groups (broad SMARTS) is 3. The SMILES string of the molecule is CCCCCCCCCCCC(N)=O.CCCCCCCCCCCC(N)=O.CCCCCCCCCCCC(N)=O.O=C(O)COC(CC(=O)O)C(=O)O. The first-order valence-electron chi connectivity index (χ1n) is 21.4. The lowest BCUT2D eigenvalue weighted by Crippen LogP contribution is -2.29. The normalized spacial score (nSPS) is 10.7. The molecular weight excluding hydrogens is 706 g/mol.